The van der Waals surface area contributed by atoms with Gasteiger partial charge in [0.2, 0.25) is 15.9 Å². The number of sulfonamides is 1. The highest BCUT2D eigenvalue weighted by molar-refractivity contribution is 7.89. The molecular weight excluding hydrogens is 392 g/mol. The van der Waals surface area contributed by atoms with E-state index in [0.717, 1.165) is 5.56 Å². The summed E-state index contributed by atoms with van der Waals surface area (Å²) in [5.41, 5.74) is 1.27. The first-order valence-electron chi connectivity index (χ1n) is 9.39. The van der Waals surface area contributed by atoms with Gasteiger partial charge in [0.15, 0.2) is 0 Å². The van der Waals surface area contributed by atoms with E-state index in [4.69, 9.17) is 9.47 Å². The van der Waals surface area contributed by atoms with Crippen LogP contribution < -0.4 is 10.1 Å². The Bertz CT molecular complexity index is 968. The first-order valence-corrected chi connectivity index (χ1v) is 10.8. The van der Waals surface area contributed by atoms with Crippen molar-refractivity contribution in [2.45, 2.75) is 11.8 Å². The zero-order valence-corrected chi connectivity index (χ0v) is 17.0. The van der Waals surface area contributed by atoms with Crippen LogP contribution in [0.4, 0.5) is 5.69 Å². The van der Waals surface area contributed by atoms with Gasteiger partial charge in [0.25, 0.3) is 0 Å². The SMILES string of the molecule is CCOc1ccc(NC(=O)/C=C/c2ccccc2)cc1S(=O)(=O)N1CCOCC1. The Morgan fingerprint density at radius 2 is 1.90 bits per heavy atom. The zero-order valence-electron chi connectivity index (χ0n) is 16.2. The number of anilines is 1. The maximum Gasteiger partial charge on any atom is 0.248 e. The predicted octanol–water partition coefficient (Wildman–Crippen LogP) is 2.76. The number of amides is 1. The lowest BCUT2D eigenvalue weighted by Gasteiger charge is -2.27. The average Bonchev–Trinajstić information content (AvgIpc) is 2.75. The average molecular weight is 416 g/mol. The Morgan fingerprint density at radius 1 is 1.17 bits per heavy atom. The fourth-order valence-corrected chi connectivity index (χ4v) is 4.47. The van der Waals surface area contributed by atoms with E-state index in [1.54, 1.807) is 25.1 Å². The molecule has 0 bridgehead atoms. The van der Waals surface area contributed by atoms with Crippen molar-refractivity contribution in [3.8, 4) is 5.75 Å². The lowest BCUT2D eigenvalue weighted by atomic mass is 10.2. The van der Waals surface area contributed by atoms with Crippen molar-refractivity contribution in [2.24, 2.45) is 0 Å². The molecule has 154 valence electrons. The highest BCUT2D eigenvalue weighted by atomic mass is 32.2. The molecule has 0 aromatic heterocycles. The van der Waals surface area contributed by atoms with Crippen molar-refractivity contribution in [3.63, 3.8) is 0 Å². The zero-order chi connectivity index (χ0) is 20.7. The molecular formula is C21H24N2O5S. The molecule has 0 atom stereocenters. The van der Waals surface area contributed by atoms with E-state index in [9.17, 15) is 13.2 Å². The number of carbonyl (C=O) groups excluding carboxylic acids is 1. The van der Waals surface area contributed by atoms with Gasteiger partial charge in [-0.15, -0.1) is 0 Å². The topological polar surface area (TPSA) is 84.9 Å². The number of hydrogen-bond donors (Lipinski definition) is 1. The molecule has 0 aliphatic carbocycles. The van der Waals surface area contributed by atoms with Crippen LogP contribution in [0.15, 0.2) is 59.5 Å². The molecule has 1 heterocycles. The molecule has 0 unspecified atom stereocenters. The van der Waals surface area contributed by atoms with Crippen LogP contribution in [0, 0.1) is 0 Å². The normalized spacial score (nSPS) is 15.3. The lowest BCUT2D eigenvalue weighted by Crippen LogP contribution is -2.40. The van der Waals surface area contributed by atoms with Crippen molar-refractivity contribution < 1.29 is 22.7 Å². The van der Waals surface area contributed by atoms with Crippen LogP contribution in [0.25, 0.3) is 6.08 Å². The molecule has 7 nitrogen and oxygen atoms in total. The number of nitrogens with one attached hydrogen (secondary N) is 1. The van der Waals surface area contributed by atoms with Crippen LogP contribution in [-0.4, -0.2) is 51.5 Å². The Labute approximate surface area is 171 Å². The van der Waals surface area contributed by atoms with E-state index in [1.165, 1.54) is 16.4 Å². The van der Waals surface area contributed by atoms with Crippen LogP contribution in [0.5, 0.6) is 5.75 Å². The van der Waals surface area contributed by atoms with E-state index in [2.05, 4.69) is 5.32 Å². The van der Waals surface area contributed by atoms with Crippen molar-refractivity contribution in [1.29, 1.82) is 0 Å². The summed E-state index contributed by atoms with van der Waals surface area (Å²) in [6, 6.07) is 14.0. The Hall–Kier alpha value is -2.68. The van der Waals surface area contributed by atoms with Gasteiger partial charge in [-0.25, -0.2) is 8.42 Å². The minimum absolute atomic E-state index is 0.0334. The second-order valence-electron chi connectivity index (χ2n) is 6.34. The highest BCUT2D eigenvalue weighted by Gasteiger charge is 2.29. The van der Waals surface area contributed by atoms with E-state index in [0.29, 0.717) is 25.5 Å². The van der Waals surface area contributed by atoms with E-state index in [-0.39, 0.29) is 29.6 Å². The van der Waals surface area contributed by atoms with Gasteiger partial charge >= 0.3 is 0 Å². The quantitative estimate of drug-likeness (QED) is 0.702. The molecule has 1 amide bonds. The highest BCUT2D eigenvalue weighted by Crippen LogP contribution is 2.30. The number of ether oxygens (including phenoxy) is 2. The molecule has 0 spiro atoms. The van der Waals surface area contributed by atoms with Crippen LogP contribution >= 0.6 is 0 Å². The first-order chi connectivity index (χ1) is 14.0. The van der Waals surface area contributed by atoms with Gasteiger partial charge in [-0.2, -0.15) is 4.31 Å². The van der Waals surface area contributed by atoms with Crippen molar-refractivity contribution in [3.05, 3.63) is 60.2 Å². The minimum atomic E-state index is -3.77. The summed E-state index contributed by atoms with van der Waals surface area (Å²) in [7, 11) is -3.77. The smallest absolute Gasteiger partial charge is 0.248 e. The summed E-state index contributed by atoms with van der Waals surface area (Å²) in [4.78, 5) is 12.3. The van der Waals surface area contributed by atoms with Crippen molar-refractivity contribution in [2.75, 3.05) is 38.2 Å². The summed E-state index contributed by atoms with van der Waals surface area (Å²) < 4.78 is 38.3. The van der Waals surface area contributed by atoms with Gasteiger partial charge in [0.05, 0.1) is 19.8 Å². The molecule has 2 aromatic carbocycles. The molecule has 3 rings (SSSR count). The largest absolute Gasteiger partial charge is 0.492 e. The Morgan fingerprint density at radius 3 is 2.59 bits per heavy atom. The minimum Gasteiger partial charge on any atom is -0.492 e. The molecule has 2 aromatic rings. The molecule has 1 fully saturated rings. The number of nitrogens with zero attached hydrogens (tertiary/aromatic N) is 1. The lowest BCUT2D eigenvalue weighted by molar-refractivity contribution is -0.111. The second kappa shape index (κ2) is 9.69. The van der Waals surface area contributed by atoms with Gasteiger partial charge in [-0.05, 0) is 36.8 Å². The molecule has 0 saturated carbocycles. The van der Waals surface area contributed by atoms with E-state index < -0.39 is 10.0 Å². The fourth-order valence-electron chi connectivity index (χ4n) is 2.91. The number of carbonyl (C=O) groups is 1. The van der Waals surface area contributed by atoms with Crippen molar-refractivity contribution >= 4 is 27.7 Å². The Kier molecular flexibility index (Phi) is 7.03. The van der Waals surface area contributed by atoms with Crippen LogP contribution in [0.1, 0.15) is 12.5 Å². The van der Waals surface area contributed by atoms with Gasteiger partial charge in [0, 0.05) is 24.9 Å². The number of rotatable bonds is 7. The predicted molar refractivity (Wildman–Crippen MR) is 111 cm³/mol. The van der Waals surface area contributed by atoms with Gasteiger partial charge < -0.3 is 14.8 Å². The van der Waals surface area contributed by atoms with Gasteiger partial charge in [-0.1, -0.05) is 30.3 Å². The first kappa shape index (κ1) is 21.0. The van der Waals surface area contributed by atoms with E-state index in [1.807, 2.05) is 30.3 Å². The second-order valence-corrected chi connectivity index (χ2v) is 8.25. The molecule has 1 aliphatic heterocycles. The molecule has 1 N–H and O–H groups in total. The monoisotopic (exact) mass is 416 g/mol. The van der Waals surface area contributed by atoms with Crippen LogP contribution in [0.3, 0.4) is 0 Å². The fraction of sp³-hybridized carbons (Fsp3) is 0.286. The van der Waals surface area contributed by atoms with Crippen LogP contribution in [0.2, 0.25) is 0 Å². The molecule has 0 radical (unpaired) electrons. The number of hydrogen-bond acceptors (Lipinski definition) is 5. The molecule has 1 aliphatic rings. The summed E-state index contributed by atoms with van der Waals surface area (Å²) in [5.74, 6) is -0.0930. The van der Waals surface area contributed by atoms with Crippen molar-refractivity contribution in [1.82, 2.24) is 4.31 Å². The summed E-state index contributed by atoms with van der Waals surface area (Å²) in [6.07, 6.45) is 3.09. The third-order valence-electron chi connectivity index (χ3n) is 4.33. The summed E-state index contributed by atoms with van der Waals surface area (Å²) >= 11 is 0. The number of benzene rings is 2. The summed E-state index contributed by atoms with van der Waals surface area (Å²) in [6.45, 7) is 3.38. The Balaban J connectivity index is 1.82. The maximum absolute atomic E-state index is 13.1. The van der Waals surface area contributed by atoms with Gasteiger partial charge in [-0.3, -0.25) is 4.79 Å². The summed E-state index contributed by atoms with van der Waals surface area (Å²) in [5, 5.41) is 2.71. The maximum atomic E-state index is 13.1. The number of morpholine rings is 1. The molecule has 29 heavy (non-hydrogen) atoms. The third-order valence-corrected chi connectivity index (χ3v) is 6.25. The molecule has 1 saturated heterocycles. The standard InChI is InChI=1S/C21H24N2O5S/c1-2-28-19-10-9-18(22-21(24)11-8-17-6-4-3-5-7-17)16-20(19)29(25,26)23-12-14-27-15-13-23/h3-11,16H,2,12-15H2,1H3,(H,22,24)/b11-8+. The van der Waals surface area contributed by atoms with E-state index >= 15 is 0 Å². The third kappa shape index (κ3) is 5.44. The molecule has 8 heteroatoms. The van der Waals surface area contributed by atoms with Gasteiger partial charge in [0.1, 0.15) is 10.6 Å². The van der Waals surface area contributed by atoms with Crippen LogP contribution in [-0.2, 0) is 19.6 Å².